The van der Waals surface area contributed by atoms with Crippen LogP contribution in [0, 0.1) is 0 Å². The van der Waals surface area contributed by atoms with Crippen molar-refractivity contribution < 1.29 is 9.53 Å². The first-order chi connectivity index (χ1) is 10.4. The molecule has 2 aliphatic rings. The number of nitrogens with one attached hydrogen (secondary N) is 1. The van der Waals surface area contributed by atoms with Crippen molar-refractivity contribution in [1.82, 2.24) is 10.2 Å². The molecule has 122 valence electrons. The van der Waals surface area contributed by atoms with Crippen molar-refractivity contribution in [3.05, 3.63) is 21.9 Å². The summed E-state index contributed by atoms with van der Waals surface area (Å²) in [5.74, 6) is 0. The van der Waals surface area contributed by atoms with Gasteiger partial charge in [0.1, 0.15) is 5.60 Å². The zero-order valence-electron chi connectivity index (χ0n) is 13.8. The molecule has 1 N–H and O–H groups in total. The SMILES string of the molecule is CC(C)(C)OC(=O)N1CCCC2(CC1)NCCc1ccsc12. The smallest absolute Gasteiger partial charge is 0.410 e. The molecule has 3 heterocycles. The molecule has 5 heteroatoms. The van der Waals surface area contributed by atoms with E-state index in [1.54, 1.807) is 0 Å². The first-order valence-electron chi connectivity index (χ1n) is 8.19. The molecule has 1 atom stereocenters. The first kappa shape index (κ1) is 15.8. The molecule has 1 aromatic rings. The van der Waals surface area contributed by atoms with Crippen LogP contribution in [0.3, 0.4) is 0 Å². The summed E-state index contributed by atoms with van der Waals surface area (Å²) < 4.78 is 5.53. The summed E-state index contributed by atoms with van der Waals surface area (Å²) in [6, 6.07) is 2.26. The molecule has 1 spiro atoms. The van der Waals surface area contributed by atoms with Gasteiger partial charge < -0.3 is 15.0 Å². The maximum atomic E-state index is 12.3. The van der Waals surface area contributed by atoms with Gasteiger partial charge in [-0.05, 0) is 63.5 Å². The number of carbonyl (C=O) groups excluding carboxylic acids is 1. The van der Waals surface area contributed by atoms with Crippen LogP contribution in [0.25, 0.3) is 0 Å². The Morgan fingerprint density at radius 3 is 2.95 bits per heavy atom. The third-order valence-corrected chi connectivity index (χ3v) is 5.69. The second kappa shape index (κ2) is 5.85. The minimum absolute atomic E-state index is 0.0680. The van der Waals surface area contributed by atoms with Crippen LogP contribution in [-0.4, -0.2) is 36.2 Å². The third kappa shape index (κ3) is 3.15. The van der Waals surface area contributed by atoms with E-state index in [0.29, 0.717) is 0 Å². The number of rotatable bonds is 0. The van der Waals surface area contributed by atoms with Crippen molar-refractivity contribution in [2.24, 2.45) is 0 Å². The number of thiophene rings is 1. The number of ether oxygens (including phenoxy) is 1. The molecule has 1 amide bonds. The lowest BCUT2D eigenvalue weighted by atomic mass is 9.83. The molecule has 1 fully saturated rings. The Morgan fingerprint density at radius 1 is 1.36 bits per heavy atom. The molecule has 1 unspecified atom stereocenters. The fraction of sp³-hybridized carbons (Fsp3) is 0.706. The summed E-state index contributed by atoms with van der Waals surface area (Å²) in [6.07, 6.45) is 4.03. The molecule has 0 bridgehead atoms. The van der Waals surface area contributed by atoms with Gasteiger partial charge in [-0.3, -0.25) is 0 Å². The Hall–Kier alpha value is -1.07. The maximum absolute atomic E-state index is 12.3. The molecule has 1 aromatic heterocycles. The van der Waals surface area contributed by atoms with Crippen LogP contribution >= 0.6 is 11.3 Å². The number of hydrogen-bond donors (Lipinski definition) is 1. The van der Waals surface area contributed by atoms with E-state index in [-0.39, 0.29) is 11.6 Å². The lowest BCUT2D eigenvalue weighted by Crippen LogP contribution is -2.47. The Morgan fingerprint density at radius 2 is 2.18 bits per heavy atom. The molecule has 4 nitrogen and oxygen atoms in total. The highest BCUT2D eigenvalue weighted by atomic mass is 32.1. The Balaban J connectivity index is 1.72. The molecular weight excluding hydrogens is 296 g/mol. The normalized spacial score (nSPS) is 25.7. The Kier molecular flexibility index (Phi) is 4.21. The second-order valence-corrected chi connectivity index (χ2v) is 8.27. The predicted octanol–water partition coefficient (Wildman–Crippen LogP) is 3.51. The highest BCUT2D eigenvalue weighted by molar-refractivity contribution is 7.10. The number of amides is 1. The van der Waals surface area contributed by atoms with Crippen LogP contribution in [0.4, 0.5) is 4.79 Å². The highest BCUT2D eigenvalue weighted by Gasteiger charge is 2.39. The standard InChI is InChI=1S/C17H26N2O2S/c1-16(2,3)21-15(20)19-10-4-7-17(8-11-19)14-13(5-9-18-17)6-12-22-14/h6,12,18H,4-5,7-11H2,1-3H3. The van der Waals surface area contributed by atoms with Gasteiger partial charge in [0.15, 0.2) is 0 Å². The Bertz CT molecular complexity index is 549. The van der Waals surface area contributed by atoms with Crippen molar-refractivity contribution in [3.63, 3.8) is 0 Å². The molecule has 0 aliphatic carbocycles. The van der Waals surface area contributed by atoms with Crippen molar-refractivity contribution in [3.8, 4) is 0 Å². The van der Waals surface area contributed by atoms with Gasteiger partial charge >= 0.3 is 6.09 Å². The monoisotopic (exact) mass is 322 g/mol. The van der Waals surface area contributed by atoms with Crippen molar-refractivity contribution in [2.75, 3.05) is 19.6 Å². The van der Waals surface area contributed by atoms with Crippen molar-refractivity contribution in [2.45, 2.75) is 57.6 Å². The lowest BCUT2D eigenvalue weighted by molar-refractivity contribution is 0.0253. The van der Waals surface area contributed by atoms with Gasteiger partial charge in [0.2, 0.25) is 0 Å². The summed E-state index contributed by atoms with van der Waals surface area (Å²) in [7, 11) is 0. The fourth-order valence-electron chi connectivity index (χ4n) is 3.52. The molecule has 22 heavy (non-hydrogen) atoms. The third-order valence-electron chi connectivity index (χ3n) is 4.53. The van der Waals surface area contributed by atoms with Gasteiger partial charge in [-0.1, -0.05) is 0 Å². The van der Waals surface area contributed by atoms with Crippen molar-refractivity contribution >= 4 is 17.4 Å². The topological polar surface area (TPSA) is 41.6 Å². The molecule has 0 radical (unpaired) electrons. The van der Waals surface area contributed by atoms with Gasteiger partial charge in [0.05, 0.1) is 5.54 Å². The number of nitrogens with zero attached hydrogens (tertiary/aromatic N) is 1. The van der Waals surface area contributed by atoms with E-state index in [4.69, 9.17) is 4.74 Å². The number of hydrogen-bond acceptors (Lipinski definition) is 4. The molecule has 1 saturated heterocycles. The van der Waals surface area contributed by atoms with E-state index in [1.807, 2.05) is 37.0 Å². The van der Waals surface area contributed by atoms with Crippen LogP contribution in [0.15, 0.2) is 11.4 Å². The van der Waals surface area contributed by atoms with E-state index in [2.05, 4.69) is 16.8 Å². The van der Waals surface area contributed by atoms with E-state index in [1.165, 1.54) is 10.4 Å². The summed E-state index contributed by atoms with van der Waals surface area (Å²) in [5.41, 5.74) is 1.14. The summed E-state index contributed by atoms with van der Waals surface area (Å²) in [6.45, 7) is 8.36. The van der Waals surface area contributed by atoms with Gasteiger partial charge in [-0.15, -0.1) is 11.3 Å². The van der Waals surface area contributed by atoms with Crippen LogP contribution in [0.1, 0.15) is 50.5 Å². The first-order valence-corrected chi connectivity index (χ1v) is 9.07. The van der Waals surface area contributed by atoms with E-state index < -0.39 is 5.60 Å². The van der Waals surface area contributed by atoms with Gasteiger partial charge in [0, 0.05) is 24.5 Å². The van der Waals surface area contributed by atoms with Crippen LogP contribution in [0.5, 0.6) is 0 Å². The fourth-order valence-corrected chi connectivity index (χ4v) is 4.71. The number of fused-ring (bicyclic) bond motifs is 2. The number of carbonyl (C=O) groups is 1. The van der Waals surface area contributed by atoms with E-state index >= 15 is 0 Å². The highest BCUT2D eigenvalue weighted by Crippen LogP contribution is 2.40. The summed E-state index contributed by atoms with van der Waals surface area (Å²) in [4.78, 5) is 15.7. The summed E-state index contributed by atoms with van der Waals surface area (Å²) >= 11 is 1.86. The van der Waals surface area contributed by atoms with Gasteiger partial charge in [-0.2, -0.15) is 0 Å². The summed E-state index contributed by atoms with van der Waals surface area (Å²) in [5, 5.41) is 5.96. The molecule has 3 rings (SSSR count). The molecule has 0 aromatic carbocycles. The van der Waals surface area contributed by atoms with Crippen LogP contribution in [-0.2, 0) is 16.7 Å². The van der Waals surface area contributed by atoms with E-state index in [0.717, 1.165) is 45.3 Å². The van der Waals surface area contributed by atoms with Gasteiger partial charge in [0.25, 0.3) is 0 Å². The zero-order valence-corrected chi connectivity index (χ0v) is 14.6. The zero-order chi connectivity index (χ0) is 15.8. The molecule has 2 aliphatic heterocycles. The lowest BCUT2D eigenvalue weighted by Gasteiger charge is -2.38. The molecule has 0 saturated carbocycles. The number of likely N-dealkylation sites (tertiary alicyclic amines) is 1. The Labute approximate surface area is 136 Å². The maximum Gasteiger partial charge on any atom is 0.410 e. The average molecular weight is 322 g/mol. The second-order valence-electron chi connectivity index (χ2n) is 7.35. The van der Waals surface area contributed by atoms with Crippen LogP contribution < -0.4 is 5.32 Å². The van der Waals surface area contributed by atoms with Crippen LogP contribution in [0.2, 0.25) is 0 Å². The molecular formula is C17H26N2O2S. The average Bonchev–Trinajstić information content (AvgIpc) is 2.81. The van der Waals surface area contributed by atoms with Crippen molar-refractivity contribution in [1.29, 1.82) is 0 Å². The van der Waals surface area contributed by atoms with Gasteiger partial charge in [-0.25, -0.2) is 4.79 Å². The largest absolute Gasteiger partial charge is 0.444 e. The minimum atomic E-state index is -0.426. The minimum Gasteiger partial charge on any atom is -0.444 e. The predicted molar refractivity (Wildman–Crippen MR) is 89.4 cm³/mol. The van der Waals surface area contributed by atoms with E-state index in [9.17, 15) is 4.79 Å². The quantitative estimate of drug-likeness (QED) is 0.795.